The number of rotatable bonds is 8. The second-order valence-corrected chi connectivity index (χ2v) is 8.56. The molecule has 1 amide bonds. The van der Waals surface area contributed by atoms with Gasteiger partial charge in [0.05, 0.1) is 17.2 Å². The molecule has 2 rings (SSSR count). The summed E-state index contributed by atoms with van der Waals surface area (Å²) in [6.07, 6.45) is 0.137. The van der Waals surface area contributed by atoms with Crippen LogP contribution < -0.4 is 20.1 Å². The van der Waals surface area contributed by atoms with E-state index < -0.39 is 0 Å². The van der Waals surface area contributed by atoms with Gasteiger partial charge in [0.1, 0.15) is 11.5 Å². The molecule has 0 saturated carbocycles. The Morgan fingerprint density at radius 3 is 2.38 bits per heavy atom. The zero-order chi connectivity index (χ0) is 21.4. The fourth-order valence-corrected chi connectivity index (χ4v) is 3.03. The van der Waals surface area contributed by atoms with Crippen molar-refractivity contribution in [2.75, 3.05) is 6.61 Å². The van der Waals surface area contributed by atoms with Gasteiger partial charge in [-0.2, -0.15) is 0 Å². The molecule has 0 aliphatic carbocycles. The molecule has 0 spiro atoms. The fraction of sp³-hybridized carbons (Fsp3) is 0.364. The molecule has 7 heteroatoms. The predicted octanol–water partition coefficient (Wildman–Crippen LogP) is 5.08. The third-order valence-corrected chi connectivity index (χ3v) is 4.61. The lowest BCUT2D eigenvalue weighted by molar-refractivity contribution is 0.0976. The maximum atomic E-state index is 12.4. The van der Waals surface area contributed by atoms with Crippen LogP contribution in [-0.2, 0) is 6.54 Å². The Hall–Kier alpha value is -2.12. The molecule has 0 atom stereocenters. The van der Waals surface area contributed by atoms with Gasteiger partial charge in [0.25, 0.3) is 5.91 Å². The van der Waals surface area contributed by atoms with E-state index in [1.807, 2.05) is 38.1 Å². The van der Waals surface area contributed by atoms with Crippen molar-refractivity contribution in [2.45, 2.75) is 40.3 Å². The number of halogens is 1. The summed E-state index contributed by atoms with van der Waals surface area (Å²) in [6.45, 7) is 9.26. The van der Waals surface area contributed by atoms with E-state index in [1.54, 1.807) is 18.2 Å². The minimum Gasteiger partial charge on any atom is -0.492 e. The summed E-state index contributed by atoms with van der Waals surface area (Å²) < 4.78 is 12.1. The quantitative estimate of drug-likeness (QED) is 0.518. The van der Waals surface area contributed by atoms with Crippen molar-refractivity contribution in [1.82, 2.24) is 10.6 Å². The summed E-state index contributed by atoms with van der Waals surface area (Å²) in [5.74, 6) is 1.68. The topological polar surface area (TPSA) is 59.6 Å². The zero-order valence-corrected chi connectivity index (χ0v) is 19.5. The lowest BCUT2D eigenvalue weighted by Crippen LogP contribution is -2.38. The number of ether oxygens (including phenoxy) is 2. The summed E-state index contributed by atoms with van der Waals surface area (Å²) in [4.78, 5) is 12.4. The van der Waals surface area contributed by atoms with Crippen molar-refractivity contribution in [3.05, 3.63) is 58.1 Å². The van der Waals surface area contributed by atoms with Gasteiger partial charge in [-0.15, -0.1) is 0 Å². The Balaban J connectivity index is 1.85. The first kappa shape index (κ1) is 23.2. The van der Waals surface area contributed by atoms with E-state index in [2.05, 4.69) is 40.4 Å². The number of amides is 1. The number of nitrogens with one attached hydrogen (secondary N) is 2. The highest BCUT2D eigenvalue weighted by molar-refractivity contribution is 9.10. The first-order chi connectivity index (χ1) is 13.7. The van der Waals surface area contributed by atoms with E-state index in [9.17, 15) is 4.79 Å². The largest absolute Gasteiger partial charge is 0.492 e. The molecular formula is C22H27BrN2O3S. The highest BCUT2D eigenvalue weighted by atomic mass is 79.9. The highest BCUT2D eigenvalue weighted by Crippen LogP contribution is 2.26. The third kappa shape index (κ3) is 8.03. The SMILES string of the molecule is CC(C)COc1ccc(C(=O)NC(=S)NCc2ccc(OC(C)C)cc2)cc1Br. The van der Waals surface area contributed by atoms with E-state index in [0.717, 1.165) is 15.8 Å². The average molecular weight is 479 g/mol. The zero-order valence-electron chi connectivity index (χ0n) is 17.1. The molecule has 0 bridgehead atoms. The van der Waals surface area contributed by atoms with Gasteiger partial charge in [0.2, 0.25) is 0 Å². The van der Waals surface area contributed by atoms with Crippen molar-refractivity contribution in [3.8, 4) is 11.5 Å². The van der Waals surface area contributed by atoms with Crippen LogP contribution in [0, 0.1) is 5.92 Å². The van der Waals surface area contributed by atoms with Crippen LogP contribution in [-0.4, -0.2) is 23.7 Å². The molecule has 0 saturated heterocycles. The molecule has 0 unspecified atom stereocenters. The van der Waals surface area contributed by atoms with Crippen molar-refractivity contribution >= 4 is 39.2 Å². The van der Waals surface area contributed by atoms with Crippen LogP contribution in [0.25, 0.3) is 0 Å². The molecule has 0 fully saturated rings. The second kappa shape index (κ2) is 11.2. The molecule has 0 aromatic heterocycles. The lowest BCUT2D eigenvalue weighted by atomic mass is 10.2. The summed E-state index contributed by atoms with van der Waals surface area (Å²) in [7, 11) is 0. The number of hydrogen-bond donors (Lipinski definition) is 2. The number of carbonyl (C=O) groups excluding carboxylic acids is 1. The molecule has 5 nitrogen and oxygen atoms in total. The first-order valence-corrected chi connectivity index (χ1v) is 10.7. The normalized spacial score (nSPS) is 10.7. The number of thiocarbonyl (C=S) groups is 1. The van der Waals surface area contributed by atoms with E-state index >= 15 is 0 Å². The molecule has 0 radical (unpaired) electrons. The number of hydrogen-bond acceptors (Lipinski definition) is 4. The van der Waals surface area contributed by atoms with E-state index in [0.29, 0.717) is 30.4 Å². The number of benzene rings is 2. The highest BCUT2D eigenvalue weighted by Gasteiger charge is 2.11. The minimum atomic E-state index is -0.278. The predicted molar refractivity (Wildman–Crippen MR) is 124 cm³/mol. The Morgan fingerprint density at radius 2 is 1.79 bits per heavy atom. The van der Waals surface area contributed by atoms with E-state index in [1.165, 1.54) is 0 Å². The molecule has 29 heavy (non-hydrogen) atoms. The third-order valence-electron chi connectivity index (χ3n) is 3.74. The summed E-state index contributed by atoms with van der Waals surface area (Å²) in [6, 6.07) is 13.0. The van der Waals surface area contributed by atoms with Crippen molar-refractivity contribution in [3.63, 3.8) is 0 Å². The van der Waals surface area contributed by atoms with Crippen LogP contribution in [0.2, 0.25) is 0 Å². The molecule has 0 heterocycles. The first-order valence-electron chi connectivity index (χ1n) is 9.51. The second-order valence-electron chi connectivity index (χ2n) is 7.30. The average Bonchev–Trinajstić information content (AvgIpc) is 2.65. The fourth-order valence-electron chi connectivity index (χ4n) is 2.38. The van der Waals surface area contributed by atoms with Gasteiger partial charge in [-0.25, -0.2) is 0 Å². The van der Waals surface area contributed by atoms with Crippen LogP contribution in [0.4, 0.5) is 0 Å². The standard InChI is InChI=1S/C22H27BrN2O3S/c1-14(2)13-27-20-10-7-17(11-19(20)23)21(26)25-22(29)24-12-16-5-8-18(9-6-16)28-15(3)4/h5-11,14-15H,12-13H2,1-4H3,(H2,24,25,26,29). The van der Waals surface area contributed by atoms with Crippen LogP contribution in [0.3, 0.4) is 0 Å². The van der Waals surface area contributed by atoms with Gasteiger partial charge in [-0.05, 0) is 83.8 Å². The van der Waals surface area contributed by atoms with Crippen molar-refractivity contribution < 1.29 is 14.3 Å². The monoisotopic (exact) mass is 478 g/mol. The molecule has 2 aromatic rings. The molecule has 156 valence electrons. The van der Waals surface area contributed by atoms with Crippen LogP contribution in [0.15, 0.2) is 46.9 Å². The Morgan fingerprint density at radius 1 is 1.10 bits per heavy atom. The maximum absolute atomic E-state index is 12.4. The molecule has 2 N–H and O–H groups in total. The Kier molecular flexibility index (Phi) is 8.92. The molecular weight excluding hydrogens is 452 g/mol. The smallest absolute Gasteiger partial charge is 0.257 e. The Bertz CT molecular complexity index is 838. The Labute approximate surface area is 186 Å². The van der Waals surface area contributed by atoms with Crippen molar-refractivity contribution in [1.29, 1.82) is 0 Å². The van der Waals surface area contributed by atoms with Gasteiger partial charge in [0.15, 0.2) is 5.11 Å². The number of carbonyl (C=O) groups is 1. The van der Waals surface area contributed by atoms with Crippen LogP contribution in [0.1, 0.15) is 43.6 Å². The van der Waals surface area contributed by atoms with Gasteiger partial charge in [-0.3, -0.25) is 10.1 Å². The van der Waals surface area contributed by atoms with E-state index in [-0.39, 0.29) is 17.1 Å². The summed E-state index contributed by atoms with van der Waals surface area (Å²) in [5, 5.41) is 6.01. The molecule has 0 aliphatic rings. The van der Waals surface area contributed by atoms with Crippen molar-refractivity contribution in [2.24, 2.45) is 5.92 Å². The van der Waals surface area contributed by atoms with Crippen LogP contribution >= 0.6 is 28.1 Å². The van der Waals surface area contributed by atoms with Gasteiger partial charge < -0.3 is 14.8 Å². The summed E-state index contributed by atoms with van der Waals surface area (Å²) in [5.41, 5.74) is 1.53. The minimum absolute atomic E-state index is 0.137. The summed E-state index contributed by atoms with van der Waals surface area (Å²) >= 11 is 8.69. The van der Waals surface area contributed by atoms with Crippen LogP contribution in [0.5, 0.6) is 11.5 Å². The lowest BCUT2D eigenvalue weighted by Gasteiger charge is -2.13. The van der Waals surface area contributed by atoms with Gasteiger partial charge >= 0.3 is 0 Å². The van der Waals surface area contributed by atoms with Gasteiger partial charge in [0, 0.05) is 12.1 Å². The van der Waals surface area contributed by atoms with E-state index in [4.69, 9.17) is 21.7 Å². The molecule has 2 aromatic carbocycles. The maximum Gasteiger partial charge on any atom is 0.257 e. The van der Waals surface area contributed by atoms with Gasteiger partial charge in [-0.1, -0.05) is 26.0 Å². The molecule has 0 aliphatic heterocycles.